The fourth-order valence-electron chi connectivity index (χ4n) is 4.31. The Labute approximate surface area is 190 Å². The number of hydrogen-bond acceptors (Lipinski definition) is 4. The summed E-state index contributed by atoms with van der Waals surface area (Å²) in [4.78, 5) is 28.6. The van der Waals surface area contributed by atoms with Crippen LogP contribution in [-0.4, -0.2) is 17.4 Å². The average Bonchev–Trinajstić information content (AvgIpc) is 3.08. The molecule has 3 aromatic carbocycles. The van der Waals surface area contributed by atoms with Crippen LogP contribution in [0.4, 0.5) is 4.39 Å². The van der Waals surface area contributed by atoms with Gasteiger partial charge in [-0.3, -0.25) is 9.59 Å². The molecule has 1 atom stereocenters. The molecule has 1 aliphatic rings. The molecule has 0 spiro atoms. The zero-order valence-corrected chi connectivity index (χ0v) is 18.3. The second kappa shape index (κ2) is 8.20. The van der Waals surface area contributed by atoms with Crippen molar-refractivity contribution in [3.05, 3.63) is 111 Å². The number of hydrogen-bond donors (Lipinski definition) is 0. The summed E-state index contributed by atoms with van der Waals surface area (Å²) in [7, 11) is 0. The van der Waals surface area contributed by atoms with E-state index < -0.39 is 17.3 Å². The molecule has 4 aromatic rings. The molecule has 1 aliphatic heterocycles. The molecule has 1 unspecified atom stereocenters. The predicted molar refractivity (Wildman–Crippen MR) is 123 cm³/mol. The number of fused-ring (bicyclic) bond motifs is 2. The maximum Gasteiger partial charge on any atom is 0.291 e. The molecule has 1 aromatic heterocycles. The van der Waals surface area contributed by atoms with Crippen LogP contribution in [0.3, 0.4) is 0 Å². The van der Waals surface area contributed by atoms with E-state index >= 15 is 0 Å². The number of aryl methyl sites for hydroxylation is 1. The SMILES string of the molecule is CCOc1ccc(C2c3c(oc4ccc(F)cc4c3=O)C(=O)N2Cc2ccc(C)cc2)cc1. The highest BCUT2D eigenvalue weighted by Gasteiger charge is 2.42. The van der Waals surface area contributed by atoms with Gasteiger partial charge in [-0.2, -0.15) is 0 Å². The minimum Gasteiger partial charge on any atom is -0.494 e. The molecule has 0 aliphatic carbocycles. The first-order chi connectivity index (χ1) is 16.0. The van der Waals surface area contributed by atoms with Gasteiger partial charge < -0.3 is 14.1 Å². The van der Waals surface area contributed by atoms with E-state index in [9.17, 15) is 14.0 Å². The van der Waals surface area contributed by atoms with Crippen LogP contribution in [0.1, 0.15) is 45.8 Å². The van der Waals surface area contributed by atoms with Crippen molar-refractivity contribution < 1.29 is 18.3 Å². The topological polar surface area (TPSA) is 59.8 Å². The van der Waals surface area contributed by atoms with E-state index in [4.69, 9.17) is 9.15 Å². The Morgan fingerprint density at radius 2 is 1.73 bits per heavy atom. The summed E-state index contributed by atoms with van der Waals surface area (Å²) in [5.41, 5.74) is 2.82. The molecule has 0 N–H and O–H groups in total. The fourth-order valence-corrected chi connectivity index (χ4v) is 4.31. The van der Waals surface area contributed by atoms with Crippen molar-refractivity contribution in [1.29, 1.82) is 0 Å². The van der Waals surface area contributed by atoms with Gasteiger partial charge in [0.05, 0.1) is 23.6 Å². The summed E-state index contributed by atoms with van der Waals surface area (Å²) in [6, 6.07) is 18.3. The number of ether oxygens (including phenoxy) is 1. The Morgan fingerprint density at radius 1 is 1.00 bits per heavy atom. The van der Waals surface area contributed by atoms with Gasteiger partial charge in [0.15, 0.2) is 5.43 Å². The zero-order chi connectivity index (χ0) is 23.1. The number of amides is 1. The largest absolute Gasteiger partial charge is 0.494 e. The van der Waals surface area contributed by atoms with Crippen molar-refractivity contribution in [3.63, 3.8) is 0 Å². The normalized spacial score (nSPS) is 15.2. The Bertz CT molecular complexity index is 1410. The number of rotatable bonds is 5. The van der Waals surface area contributed by atoms with E-state index in [1.165, 1.54) is 12.1 Å². The molecule has 166 valence electrons. The van der Waals surface area contributed by atoms with Gasteiger partial charge in [-0.1, -0.05) is 42.0 Å². The van der Waals surface area contributed by atoms with E-state index in [1.54, 1.807) is 4.90 Å². The second-order valence-corrected chi connectivity index (χ2v) is 8.14. The van der Waals surface area contributed by atoms with Gasteiger partial charge in [-0.15, -0.1) is 0 Å². The van der Waals surface area contributed by atoms with Gasteiger partial charge in [0.25, 0.3) is 5.91 Å². The summed E-state index contributed by atoms with van der Waals surface area (Å²) in [6.45, 7) is 4.73. The lowest BCUT2D eigenvalue weighted by molar-refractivity contribution is 0.0714. The van der Waals surface area contributed by atoms with Crippen LogP contribution in [0, 0.1) is 12.7 Å². The Balaban J connectivity index is 1.68. The summed E-state index contributed by atoms with van der Waals surface area (Å²) in [6.07, 6.45) is 0. The first-order valence-electron chi connectivity index (χ1n) is 10.8. The van der Waals surface area contributed by atoms with E-state index in [0.717, 1.165) is 22.8 Å². The molecule has 2 heterocycles. The third-order valence-electron chi connectivity index (χ3n) is 5.91. The third-order valence-corrected chi connectivity index (χ3v) is 5.91. The summed E-state index contributed by atoms with van der Waals surface area (Å²) >= 11 is 0. The first-order valence-corrected chi connectivity index (χ1v) is 10.8. The second-order valence-electron chi connectivity index (χ2n) is 8.14. The van der Waals surface area contributed by atoms with Gasteiger partial charge >= 0.3 is 0 Å². The molecular formula is C27H22FNO4. The summed E-state index contributed by atoms with van der Waals surface area (Å²) in [5, 5.41) is 0.120. The predicted octanol–water partition coefficient (Wildman–Crippen LogP) is 5.38. The van der Waals surface area contributed by atoms with Crippen LogP contribution in [0.5, 0.6) is 5.75 Å². The van der Waals surface area contributed by atoms with Crippen LogP contribution < -0.4 is 10.2 Å². The highest BCUT2D eigenvalue weighted by molar-refractivity contribution is 5.99. The van der Waals surface area contributed by atoms with Crippen molar-refractivity contribution in [1.82, 2.24) is 4.90 Å². The molecule has 0 saturated heterocycles. The number of benzene rings is 3. The number of carbonyl (C=O) groups is 1. The van der Waals surface area contributed by atoms with Crippen molar-refractivity contribution >= 4 is 16.9 Å². The van der Waals surface area contributed by atoms with Gasteiger partial charge in [-0.05, 0) is 55.3 Å². The smallest absolute Gasteiger partial charge is 0.291 e. The molecule has 0 saturated carbocycles. The number of halogens is 1. The molecule has 33 heavy (non-hydrogen) atoms. The van der Waals surface area contributed by atoms with Crippen LogP contribution in [0.2, 0.25) is 0 Å². The molecule has 5 rings (SSSR count). The van der Waals surface area contributed by atoms with Gasteiger partial charge in [0.1, 0.15) is 17.1 Å². The van der Waals surface area contributed by atoms with Crippen molar-refractivity contribution in [2.45, 2.75) is 26.4 Å². The first kappa shape index (κ1) is 20.9. The summed E-state index contributed by atoms with van der Waals surface area (Å²) < 4.78 is 25.3. The standard InChI is InChI=1S/C27H22FNO4/c1-3-32-20-11-8-18(9-12-20)24-23-25(30)21-14-19(28)10-13-22(21)33-26(23)27(31)29(24)15-17-6-4-16(2)5-7-17/h4-14,24H,3,15H2,1-2H3. The van der Waals surface area contributed by atoms with Crippen molar-refractivity contribution in [2.24, 2.45) is 0 Å². The fraction of sp³-hybridized carbons (Fsp3) is 0.185. The monoisotopic (exact) mass is 443 g/mol. The molecule has 0 radical (unpaired) electrons. The Kier molecular flexibility index (Phi) is 5.21. The van der Waals surface area contributed by atoms with Crippen molar-refractivity contribution in [2.75, 3.05) is 6.61 Å². The maximum absolute atomic E-state index is 13.9. The van der Waals surface area contributed by atoms with Crippen LogP contribution in [0.25, 0.3) is 11.0 Å². The quantitative estimate of drug-likeness (QED) is 0.415. The Morgan fingerprint density at radius 3 is 2.42 bits per heavy atom. The lowest BCUT2D eigenvalue weighted by atomic mass is 9.98. The van der Waals surface area contributed by atoms with Crippen LogP contribution in [0.15, 0.2) is 75.9 Å². The average molecular weight is 443 g/mol. The van der Waals surface area contributed by atoms with Gasteiger partial charge in [0, 0.05) is 6.54 Å². The Hall–Kier alpha value is -3.93. The number of carbonyl (C=O) groups excluding carboxylic acids is 1. The minimum absolute atomic E-state index is 0.00473. The van der Waals surface area contributed by atoms with E-state index in [2.05, 4.69) is 0 Å². The molecule has 0 fully saturated rings. The van der Waals surface area contributed by atoms with Gasteiger partial charge in [0.2, 0.25) is 5.76 Å². The highest BCUT2D eigenvalue weighted by Crippen LogP contribution is 2.39. The third kappa shape index (κ3) is 3.67. The lowest BCUT2D eigenvalue weighted by Crippen LogP contribution is -2.29. The zero-order valence-electron chi connectivity index (χ0n) is 18.3. The minimum atomic E-state index is -0.659. The van der Waals surface area contributed by atoms with Gasteiger partial charge in [-0.25, -0.2) is 4.39 Å². The van der Waals surface area contributed by atoms with E-state index in [0.29, 0.717) is 18.9 Å². The summed E-state index contributed by atoms with van der Waals surface area (Å²) in [5.74, 6) is -0.199. The van der Waals surface area contributed by atoms with E-state index in [-0.39, 0.29) is 28.2 Å². The molecule has 6 heteroatoms. The molecular weight excluding hydrogens is 421 g/mol. The van der Waals surface area contributed by atoms with E-state index in [1.807, 2.05) is 62.4 Å². The lowest BCUT2D eigenvalue weighted by Gasteiger charge is -2.25. The number of nitrogens with zero attached hydrogens (tertiary/aromatic N) is 1. The molecule has 0 bridgehead atoms. The molecule has 1 amide bonds. The van der Waals surface area contributed by atoms with Crippen molar-refractivity contribution in [3.8, 4) is 5.75 Å². The maximum atomic E-state index is 13.9. The highest BCUT2D eigenvalue weighted by atomic mass is 19.1. The van der Waals surface area contributed by atoms with Crippen LogP contribution in [-0.2, 0) is 6.54 Å². The van der Waals surface area contributed by atoms with Crippen LogP contribution >= 0.6 is 0 Å². The molecule has 5 nitrogen and oxygen atoms in total.